The van der Waals surface area contributed by atoms with Gasteiger partial charge in [-0.3, -0.25) is 20.4 Å². The number of carbonyl (C=O) groups is 2. The van der Waals surface area contributed by atoms with Crippen LogP contribution in [0.3, 0.4) is 0 Å². The first-order valence-electron chi connectivity index (χ1n) is 9.19. The monoisotopic (exact) mass is 456 g/mol. The van der Waals surface area contributed by atoms with Crippen LogP contribution in [-0.2, 0) is 11.3 Å². The van der Waals surface area contributed by atoms with Crippen LogP contribution in [0.4, 0.5) is 4.39 Å². The average Bonchev–Trinajstić information content (AvgIpc) is 3.12. The largest absolute Gasteiger partial charge is 0.314 e. The van der Waals surface area contributed by atoms with Gasteiger partial charge in [-0.05, 0) is 36.4 Å². The van der Waals surface area contributed by atoms with E-state index in [-0.39, 0.29) is 12.1 Å². The molecule has 1 heterocycles. The van der Waals surface area contributed by atoms with E-state index < -0.39 is 17.6 Å². The second-order valence-electron chi connectivity index (χ2n) is 6.59. The van der Waals surface area contributed by atoms with Crippen LogP contribution in [0.25, 0.3) is 22.4 Å². The fourth-order valence-electron chi connectivity index (χ4n) is 3.14. The van der Waals surface area contributed by atoms with E-state index >= 15 is 0 Å². The number of amides is 2. The molecule has 4 rings (SSSR count). The minimum Gasteiger partial charge on any atom is -0.314 e. The highest BCUT2D eigenvalue weighted by Crippen LogP contribution is 2.34. The number of rotatable bonds is 4. The van der Waals surface area contributed by atoms with Gasteiger partial charge in [0.15, 0.2) is 0 Å². The van der Waals surface area contributed by atoms with Crippen molar-refractivity contribution < 1.29 is 14.0 Å². The molecule has 0 bridgehead atoms. The van der Waals surface area contributed by atoms with E-state index in [9.17, 15) is 14.0 Å². The molecule has 0 atom stereocenters. The third kappa shape index (κ3) is 4.23. The second-order valence-corrected chi connectivity index (χ2v) is 7.38. The van der Waals surface area contributed by atoms with Crippen LogP contribution in [-0.4, -0.2) is 21.4 Å². The predicted molar refractivity (Wildman–Crippen MR) is 117 cm³/mol. The molecule has 2 N–H and O–H groups in total. The Morgan fingerprint density at radius 2 is 1.68 bits per heavy atom. The summed E-state index contributed by atoms with van der Waals surface area (Å²) in [5, 5.41) is 0.674. The van der Waals surface area contributed by atoms with E-state index in [1.807, 2.05) is 24.3 Å². The maximum Gasteiger partial charge on any atom is 0.272 e. The fourth-order valence-corrected chi connectivity index (χ4v) is 3.53. The number of hydrogen-bond acceptors (Lipinski definition) is 3. The SMILES string of the molecule is O=C(Cn1c(-c2cccc(Cl)c2Cl)nc2ccccc21)NNC(=O)c1ccccc1F. The van der Waals surface area contributed by atoms with Gasteiger partial charge >= 0.3 is 0 Å². The summed E-state index contributed by atoms with van der Waals surface area (Å²) in [7, 11) is 0. The van der Waals surface area contributed by atoms with Crippen LogP contribution in [0.2, 0.25) is 10.0 Å². The zero-order valence-corrected chi connectivity index (χ0v) is 17.4. The second kappa shape index (κ2) is 8.75. The van der Waals surface area contributed by atoms with E-state index in [1.54, 1.807) is 22.8 Å². The van der Waals surface area contributed by atoms with Crippen LogP contribution < -0.4 is 10.9 Å². The molecule has 31 heavy (non-hydrogen) atoms. The molecule has 1 aromatic heterocycles. The zero-order chi connectivity index (χ0) is 22.0. The average molecular weight is 457 g/mol. The highest BCUT2D eigenvalue weighted by molar-refractivity contribution is 6.43. The molecule has 0 aliphatic carbocycles. The number of fused-ring (bicyclic) bond motifs is 1. The van der Waals surface area contributed by atoms with Crippen molar-refractivity contribution in [1.82, 2.24) is 20.4 Å². The zero-order valence-electron chi connectivity index (χ0n) is 15.9. The lowest BCUT2D eigenvalue weighted by Crippen LogP contribution is -2.43. The van der Waals surface area contributed by atoms with E-state index in [0.717, 1.165) is 6.07 Å². The molecule has 2 amide bonds. The van der Waals surface area contributed by atoms with Gasteiger partial charge in [-0.2, -0.15) is 0 Å². The molecule has 9 heteroatoms. The van der Waals surface area contributed by atoms with Gasteiger partial charge in [0.1, 0.15) is 18.2 Å². The van der Waals surface area contributed by atoms with Crippen molar-refractivity contribution in [3.63, 3.8) is 0 Å². The van der Waals surface area contributed by atoms with Gasteiger partial charge in [-0.1, -0.05) is 53.5 Å². The number of nitrogens with zero attached hydrogens (tertiary/aromatic N) is 2. The smallest absolute Gasteiger partial charge is 0.272 e. The number of hydrogen-bond donors (Lipinski definition) is 2. The molecule has 6 nitrogen and oxygen atoms in total. The minimum atomic E-state index is -0.764. The lowest BCUT2D eigenvalue weighted by Gasteiger charge is -2.12. The maximum atomic E-state index is 13.7. The van der Waals surface area contributed by atoms with Crippen LogP contribution >= 0.6 is 23.2 Å². The van der Waals surface area contributed by atoms with E-state index in [4.69, 9.17) is 23.2 Å². The van der Waals surface area contributed by atoms with Crippen molar-refractivity contribution in [2.45, 2.75) is 6.54 Å². The van der Waals surface area contributed by atoms with Crippen molar-refractivity contribution in [1.29, 1.82) is 0 Å². The number of carbonyl (C=O) groups excluding carboxylic acids is 2. The lowest BCUT2D eigenvalue weighted by atomic mass is 10.2. The van der Waals surface area contributed by atoms with Crippen LogP contribution in [0, 0.1) is 5.82 Å². The number of aromatic nitrogens is 2. The van der Waals surface area contributed by atoms with Crippen molar-refractivity contribution in [2.24, 2.45) is 0 Å². The molecule has 0 saturated heterocycles. The molecule has 0 saturated carbocycles. The third-order valence-electron chi connectivity index (χ3n) is 4.58. The van der Waals surface area contributed by atoms with Crippen molar-refractivity contribution in [3.8, 4) is 11.4 Å². The van der Waals surface area contributed by atoms with Gasteiger partial charge in [0.2, 0.25) is 0 Å². The number of imidazole rings is 1. The van der Waals surface area contributed by atoms with Gasteiger partial charge in [0, 0.05) is 5.56 Å². The number of benzene rings is 3. The van der Waals surface area contributed by atoms with E-state index in [0.29, 0.717) is 32.5 Å². The summed E-state index contributed by atoms with van der Waals surface area (Å²) in [4.78, 5) is 29.3. The Kier molecular flexibility index (Phi) is 5.88. The number of halogens is 3. The lowest BCUT2D eigenvalue weighted by molar-refractivity contribution is -0.122. The quantitative estimate of drug-likeness (QED) is 0.440. The molecule has 0 unspecified atom stereocenters. The molecule has 3 aromatic carbocycles. The topological polar surface area (TPSA) is 76.0 Å². The molecular formula is C22H15Cl2FN4O2. The Bertz CT molecular complexity index is 1310. The highest BCUT2D eigenvalue weighted by Gasteiger charge is 2.19. The summed E-state index contributed by atoms with van der Waals surface area (Å²) in [6, 6.07) is 17.9. The number of para-hydroxylation sites is 2. The minimum absolute atomic E-state index is 0.170. The molecular weight excluding hydrogens is 442 g/mol. The third-order valence-corrected chi connectivity index (χ3v) is 5.40. The fraction of sp³-hybridized carbons (Fsp3) is 0.0455. The first-order valence-corrected chi connectivity index (χ1v) is 9.94. The van der Waals surface area contributed by atoms with Crippen LogP contribution in [0.15, 0.2) is 66.7 Å². The highest BCUT2D eigenvalue weighted by atomic mass is 35.5. The normalized spacial score (nSPS) is 10.8. The molecule has 0 aliphatic rings. The molecule has 0 radical (unpaired) electrons. The van der Waals surface area contributed by atoms with Crippen LogP contribution in [0.1, 0.15) is 10.4 Å². The standard InChI is InChI=1S/C22H15Cl2FN4O2/c23-15-8-5-7-14(20(15)24)21-26-17-10-3-4-11-18(17)29(21)12-19(30)27-28-22(31)13-6-1-2-9-16(13)25/h1-11H,12H2,(H,27,30)(H,28,31). The van der Waals surface area contributed by atoms with Crippen molar-refractivity contribution in [2.75, 3.05) is 0 Å². The van der Waals surface area contributed by atoms with Crippen LogP contribution in [0.5, 0.6) is 0 Å². The summed E-state index contributed by atoms with van der Waals surface area (Å²) in [6.07, 6.45) is 0. The van der Waals surface area contributed by atoms with Crippen molar-refractivity contribution in [3.05, 3.63) is 88.2 Å². The van der Waals surface area contributed by atoms with E-state index in [1.165, 1.54) is 18.2 Å². The van der Waals surface area contributed by atoms with Gasteiger partial charge in [-0.25, -0.2) is 9.37 Å². The Balaban J connectivity index is 1.60. The summed E-state index contributed by atoms with van der Waals surface area (Å²) in [5.74, 6) is -1.54. The Labute approximate surface area is 186 Å². The Morgan fingerprint density at radius 3 is 2.48 bits per heavy atom. The predicted octanol–water partition coefficient (Wildman–Crippen LogP) is 4.61. The number of nitrogens with one attached hydrogen (secondary N) is 2. The van der Waals surface area contributed by atoms with Gasteiger partial charge in [0.25, 0.3) is 11.8 Å². The number of hydrazine groups is 1. The summed E-state index contributed by atoms with van der Waals surface area (Å²) in [6.45, 7) is -0.170. The Morgan fingerprint density at radius 1 is 0.935 bits per heavy atom. The van der Waals surface area contributed by atoms with Gasteiger partial charge in [-0.15, -0.1) is 0 Å². The van der Waals surface area contributed by atoms with Gasteiger partial charge in [0.05, 0.1) is 26.6 Å². The molecule has 4 aromatic rings. The molecule has 0 fully saturated rings. The first-order chi connectivity index (χ1) is 15.0. The Hall–Kier alpha value is -3.42. The van der Waals surface area contributed by atoms with Crippen molar-refractivity contribution >= 4 is 46.0 Å². The summed E-state index contributed by atoms with van der Waals surface area (Å²) >= 11 is 12.5. The summed E-state index contributed by atoms with van der Waals surface area (Å²) < 4.78 is 15.4. The first kappa shape index (κ1) is 20.8. The van der Waals surface area contributed by atoms with Gasteiger partial charge < -0.3 is 4.57 Å². The molecule has 0 spiro atoms. The van der Waals surface area contributed by atoms with E-state index in [2.05, 4.69) is 15.8 Å². The molecule has 156 valence electrons. The maximum absolute atomic E-state index is 13.7. The molecule has 0 aliphatic heterocycles. The summed E-state index contributed by atoms with van der Waals surface area (Å²) in [5.41, 5.74) is 6.27.